The first-order valence-corrected chi connectivity index (χ1v) is 17.2. The molecule has 0 bridgehead atoms. The number of likely N-dealkylation sites (tertiary alicyclic amines) is 1. The van der Waals surface area contributed by atoms with Gasteiger partial charge in [-0.1, -0.05) is 60.3 Å². The van der Waals surface area contributed by atoms with Gasteiger partial charge in [0.05, 0.1) is 0 Å². The van der Waals surface area contributed by atoms with Crippen molar-refractivity contribution in [2.75, 3.05) is 19.6 Å². The number of carboxylic acid groups (broad SMARTS) is 1. The van der Waals surface area contributed by atoms with Crippen LogP contribution in [-0.2, 0) is 32.1 Å². The van der Waals surface area contributed by atoms with E-state index < -0.39 is 29.9 Å². The summed E-state index contributed by atoms with van der Waals surface area (Å²) < 4.78 is 0. The maximum atomic E-state index is 13.8. The van der Waals surface area contributed by atoms with E-state index in [2.05, 4.69) is 10.6 Å². The quantitative estimate of drug-likeness (QED) is 0.305. The number of nitrogens with zero attached hydrogens (tertiary/aromatic N) is 2. The zero-order chi connectivity index (χ0) is 33.6. The molecule has 2 aliphatic heterocycles. The molecule has 12 heteroatoms. The monoisotopic (exact) mass is 684 g/mol. The molecule has 10 nitrogen and oxygen atoms in total. The first-order valence-electron chi connectivity index (χ1n) is 16.4. The number of hydrogen-bond donors (Lipinski definition) is 3. The van der Waals surface area contributed by atoms with Crippen molar-refractivity contribution in [1.29, 1.82) is 0 Å². The smallest absolute Gasteiger partial charge is 0.303 e. The highest BCUT2D eigenvalue weighted by molar-refractivity contribution is 6.35. The van der Waals surface area contributed by atoms with Gasteiger partial charge in [-0.15, -0.1) is 0 Å². The van der Waals surface area contributed by atoms with Crippen LogP contribution in [-0.4, -0.2) is 76.2 Å². The van der Waals surface area contributed by atoms with Crippen LogP contribution in [0.2, 0.25) is 10.0 Å². The summed E-state index contributed by atoms with van der Waals surface area (Å²) in [6.45, 7) is 2.01. The number of fused-ring (bicyclic) bond motifs is 1. The number of amides is 4. The largest absolute Gasteiger partial charge is 0.481 e. The Kier molecular flexibility index (Phi) is 11.5. The van der Waals surface area contributed by atoms with E-state index in [1.54, 1.807) is 9.80 Å². The number of piperidine rings is 1. The minimum atomic E-state index is -1.07. The SMILES string of the molecule is O=C(O)CC[C@H](NC(=O)CC[C@@H](NC(=O)c1cc(Cl)cc(Cl)c1)C(=O)N1CCC2(CCCC2)CC1)C(=O)N1CCc2ccccc2C1. The van der Waals surface area contributed by atoms with Gasteiger partial charge in [0, 0.05) is 54.6 Å². The summed E-state index contributed by atoms with van der Waals surface area (Å²) in [5, 5.41) is 15.4. The maximum Gasteiger partial charge on any atom is 0.303 e. The standard InChI is InChI=1S/C35H42Cl2N4O6/c36-26-19-25(20-27(37)21-26)32(45)39-29(33(46)40-17-14-35(15-18-40)12-3-4-13-35)7-9-30(42)38-28(8-10-31(43)44)34(47)41-16-11-23-5-1-2-6-24(23)22-41/h1-2,5-6,19-21,28-29H,3-4,7-18,22H2,(H,38,42)(H,39,45)(H,43,44)/t28-,29+/m0/s1. The third kappa shape index (κ3) is 9.05. The van der Waals surface area contributed by atoms with Gasteiger partial charge in [-0.05, 0) is 79.7 Å². The minimum absolute atomic E-state index is 0.0106. The number of rotatable bonds is 11. The summed E-state index contributed by atoms with van der Waals surface area (Å²) in [7, 11) is 0. The van der Waals surface area contributed by atoms with E-state index in [4.69, 9.17) is 23.2 Å². The summed E-state index contributed by atoms with van der Waals surface area (Å²) >= 11 is 12.2. The van der Waals surface area contributed by atoms with Crippen molar-refractivity contribution in [3.8, 4) is 0 Å². The lowest BCUT2D eigenvalue weighted by atomic mass is 9.77. The molecule has 1 spiro atoms. The van der Waals surface area contributed by atoms with Crippen LogP contribution in [0.1, 0.15) is 85.7 Å². The van der Waals surface area contributed by atoms with Crippen LogP contribution in [0, 0.1) is 5.41 Å². The van der Waals surface area contributed by atoms with E-state index in [-0.39, 0.29) is 53.1 Å². The molecule has 0 aromatic heterocycles. The number of carboxylic acids is 1. The van der Waals surface area contributed by atoms with Gasteiger partial charge >= 0.3 is 5.97 Å². The van der Waals surface area contributed by atoms with E-state index >= 15 is 0 Å². The molecule has 2 aromatic carbocycles. The van der Waals surface area contributed by atoms with E-state index in [0.717, 1.165) is 24.0 Å². The number of hydrogen-bond acceptors (Lipinski definition) is 5. The lowest BCUT2D eigenvalue weighted by Gasteiger charge is -2.40. The van der Waals surface area contributed by atoms with Crippen molar-refractivity contribution in [3.63, 3.8) is 0 Å². The Labute approximate surface area is 285 Å². The third-order valence-electron chi connectivity index (χ3n) is 9.91. The Morgan fingerprint density at radius 3 is 2.02 bits per heavy atom. The lowest BCUT2D eigenvalue weighted by Crippen LogP contribution is -2.53. The van der Waals surface area contributed by atoms with E-state index in [0.29, 0.717) is 38.0 Å². The second-order valence-electron chi connectivity index (χ2n) is 13.1. The highest BCUT2D eigenvalue weighted by Gasteiger charge is 2.39. The zero-order valence-electron chi connectivity index (χ0n) is 26.4. The summed E-state index contributed by atoms with van der Waals surface area (Å²) in [5.41, 5.74) is 2.66. The van der Waals surface area contributed by atoms with Crippen molar-refractivity contribution in [2.24, 2.45) is 5.41 Å². The molecular formula is C35H42Cl2N4O6. The van der Waals surface area contributed by atoms with E-state index in [1.807, 2.05) is 24.3 Å². The maximum absolute atomic E-state index is 13.8. The van der Waals surface area contributed by atoms with Gasteiger partial charge in [-0.2, -0.15) is 0 Å². The fourth-order valence-corrected chi connectivity index (χ4v) is 7.73. The predicted molar refractivity (Wildman–Crippen MR) is 178 cm³/mol. The molecule has 0 radical (unpaired) electrons. The average Bonchev–Trinajstić information content (AvgIpc) is 3.51. The number of halogens is 2. The van der Waals surface area contributed by atoms with Gasteiger partial charge in [0.15, 0.2) is 0 Å². The van der Waals surface area contributed by atoms with Crippen molar-refractivity contribution in [1.82, 2.24) is 20.4 Å². The number of aliphatic carboxylic acids is 1. The molecule has 252 valence electrons. The fraction of sp³-hybridized carbons (Fsp3) is 0.514. The summed E-state index contributed by atoms with van der Waals surface area (Å²) in [6.07, 6.45) is 6.74. The molecule has 0 unspecified atom stereocenters. The average molecular weight is 686 g/mol. The normalized spacial score (nSPS) is 18.3. The summed E-state index contributed by atoms with van der Waals surface area (Å²) in [5.74, 6) is -2.74. The van der Waals surface area contributed by atoms with Crippen LogP contribution in [0.25, 0.3) is 0 Å². The van der Waals surface area contributed by atoms with Crippen molar-refractivity contribution < 1.29 is 29.1 Å². The molecular weight excluding hydrogens is 643 g/mol. The van der Waals surface area contributed by atoms with Crippen LogP contribution < -0.4 is 10.6 Å². The number of carbonyl (C=O) groups excluding carboxylic acids is 4. The Morgan fingerprint density at radius 2 is 1.36 bits per heavy atom. The summed E-state index contributed by atoms with van der Waals surface area (Å²) in [6, 6.07) is 10.2. The Hall–Kier alpha value is -3.63. The molecule has 3 N–H and O–H groups in total. The highest BCUT2D eigenvalue weighted by atomic mass is 35.5. The topological polar surface area (TPSA) is 136 Å². The Bertz CT molecular complexity index is 1480. The number of carbonyl (C=O) groups is 5. The van der Waals surface area contributed by atoms with Crippen LogP contribution in [0.4, 0.5) is 0 Å². The van der Waals surface area contributed by atoms with E-state index in [1.165, 1.54) is 43.9 Å². The van der Waals surface area contributed by atoms with Crippen molar-refractivity contribution in [3.05, 3.63) is 69.2 Å². The van der Waals surface area contributed by atoms with Gasteiger partial charge < -0.3 is 25.5 Å². The Morgan fingerprint density at radius 1 is 0.766 bits per heavy atom. The predicted octanol–water partition coefficient (Wildman–Crippen LogP) is 4.99. The second-order valence-corrected chi connectivity index (χ2v) is 14.0. The lowest BCUT2D eigenvalue weighted by molar-refractivity contribution is -0.140. The van der Waals surface area contributed by atoms with Crippen molar-refractivity contribution in [2.45, 2.75) is 89.3 Å². The molecule has 5 rings (SSSR count). The molecule has 1 saturated carbocycles. The molecule has 2 aromatic rings. The summed E-state index contributed by atoms with van der Waals surface area (Å²) in [4.78, 5) is 68.8. The third-order valence-corrected chi connectivity index (χ3v) is 10.3. The molecule has 1 saturated heterocycles. The molecule has 47 heavy (non-hydrogen) atoms. The molecule has 3 aliphatic rings. The van der Waals surface area contributed by atoms with Gasteiger partial charge in [0.25, 0.3) is 5.91 Å². The van der Waals surface area contributed by atoms with Gasteiger partial charge in [-0.25, -0.2) is 0 Å². The van der Waals surface area contributed by atoms with Crippen LogP contribution in [0.3, 0.4) is 0 Å². The molecule has 2 fully saturated rings. The minimum Gasteiger partial charge on any atom is -0.481 e. The fourth-order valence-electron chi connectivity index (χ4n) is 7.20. The highest BCUT2D eigenvalue weighted by Crippen LogP contribution is 2.46. The number of nitrogens with one attached hydrogen (secondary N) is 2. The molecule has 2 heterocycles. The van der Waals surface area contributed by atoms with Gasteiger partial charge in [0.2, 0.25) is 17.7 Å². The Balaban J connectivity index is 1.25. The van der Waals surface area contributed by atoms with Crippen LogP contribution in [0.5, 0.6) is 0 Å². The van der Waals surface area contributed by atoms with Crippen LogP contribution in [0.15, 0.2) is 42.5 Å². The van der Waals surface area contributed by atoms with Gasteiger partial charge in [0.1, 0.15) is 12.1 Å². The molecule has 2 atom stereocenters. The molecule has 1 aliphatic carbocycles. The zero-order valence-corrected chi connectivity index (χ0v) is 28.0. The molecule has 4 amide bonds. The van der Waals surface area contributed by atoms with Gasteiger partial charge in [-0.3, -0.25) is 24.0 Å². The first kappa shape index (κ1) is 34.7. The van der Waals surface area contributed by atoms with Crippen LogP contribution >= 0.6 is 23.2 Å². The number of benzene rings is 2. The van der Waals surface area contributed by atoms with Crippen molar-refractivity contribution >= 4 is 52.8 Å². The van der Waals surface area contributed by atoms with E-state index in [9.17, 15) is 29.1 Å². The first-order chi connectivity index (χ1) is 22.5. The second kappa shape index (κ2) is 15.5.